The van der Waals surface area contributed by atoms with E-state index in [0.717, 1.165) is 32.1 Å². The van der Waals surface area contributed by atoms with Crippen LogP contribution in [0, 0.1) is 17.0 Å². The fourth-order valence-corrected chi connectivity index (χ4v) is 2.96. The zero-order chi connectivity index (χ0) is 18.7. The summed E-state index contributed by atoms with van der Waals surface area (Å²) in [7, 11) is 0. The highest BCUT2D eigenvalue weighted by molar-refractivity contribution is 5.99. The van der Waals surface area contributed by atoms with E-state index in [9.17, 15) is 19.7 Å². The highest BCUT2D eigenvalue weighted by Gasteiger charge is 2.22. The zero-order valence-corrected chi connectivity index (χ0v) is 14.3. The monoisotopic (exact) mass is 357 g/mol. The minimum absolute atomic E-state index is 0.0289. The Bertz CT molecular complexity index is 855. The smallest absolute Gasteiger partial charge is 0.307 e. The number of nitro groups is 1. The SMILES string of the molecule is Cc1c(NC(=O)Cn2cc([N+](=O)[O-])cn2)cccc1C(=O)N1CCCC1. The Morgan fingerprint density at radius 2 is 2.04 bits per heavy atom. The van der Waals surface area contributed by atoms with E-state index in [1.807, 2.05) is 4.90 Å². The molecule has 26 heavy (non-hydrogen) atoms. The number of nitrogens with zero attached hydrogens (tertiary/aromatic N) is 4. The van der Waals surface area contributed by atoms with E-state index >= 15 is 0 Å². The van der Waals surface area contributed by atoms with Crippen molar-refractivity contribution in [2.45, 2.75) is 26.3 Å². The number of benzene rings is 1. The molecule has 0 unspecified atom stereocenters. The van der Waals surface area contributed by atoms with Crippen molar-refractivity contribution in [2.75, 3.05) is 18.4 Å². The Morgan fingerprint density at radius 1 is 1.31 bits per heavy atom. The molecular weight excluding hydrogens is 338 g/mol. The second kappa shape index (κ2) is 7.34. The van der Waals surface area contributed by atoms with Crippen molar-refractivity contribution in [3.63, 3.8) is 0 Å². The van der Waals surface area contributed by atoms with Gasteiger partial charge in [-0.15, -0.1) is 0 Å². The van der Waals surface area contributed by atoms with Crippen LogP contribution in [0.5, 0.6) is 0 Å². The summed E-state index contributed by atoms with van der Waals surface area (Å²) in [5.41, 5.74) is 1.64. The van der Waals surface area contributed by atoms with Crippen LogP contribution in [0.3, 0.4) is 0 Å². The van der Waals surface area contributed by atoms with E-state index in [1.54, 1.807) is 25.1 Å². The van der Waals surface area contributed by atoms with Gasteiger partial charge < -0.3 is 10.2 Å². The summed E-state index contributed by atoms with van der Waals surface area (Å²) in [6, 6.07) is 5.20. The van der Waals surface area contributed by atoms with Crippen molar-refractivity contribution in [1.29, 1.82) is 0 Å². The maximum absolute atomic E-state index is 12.6. The van der Waals surface area contributed by atoms with Crippen LogP contribution in [0.15, 0.2) is 30.6 Å². The van der Waals surface area contributed by atoms with Gasteiger partial charge in [-0.2, -0.15) is 5.10 Å². The largest absolute Gasteiger partial charge is 0.339 e. The van der Waals surface area contributed by atoms with Gasteiger partial charge in [-0.3, -0.25) is 24.4 Å². The molecule has 0 aliphatic carbocycles. The predicted molar refractivity (Wildman–Crippen MR) is 93.8 cm³/mol. The zero-order valence-electron chi connectivity index (χ0n) is 14.3. The van der Waals surface area contributed by atoms with Crippen LogP contribution >= 0.6 is 0 Å². The quantitative estimate of drug-likeness (QED) is 0.650. The van der Waals surface area contributed by atoms with Gasteiger partial charge in [-0.05, 0) is 37.5 Å². The molecule has 0 saturated carbocycles. The molecule has 1 saturated heterocycles. The Labute approximate surface area is 149 Å². The number of hydrogen-bond acceptors (Lipinski definition) is 5. The Balaban J connectivity index is 1.70. The highest BCUT2D eigenvalue weighted by Crippen LogP contribution is 2.22. The first kappa shape index (κ1) is 17.6. The molecule has 2 amide bonds. The lowest BCUT2D eigenvalue weighted by Crippen LogP contribution is -2.28. The first-order valence-electron chi connectivity index (χ1n) is 8.31. The minimum atomic E-state index is -0.570. The van der Waals surface area contributed by atoms with E-state index in [-0.39, 0.29) is 24.0 Å². The topological polar surface area (TPSA) is 110 Å². The second-order valence-corrected chi connectivity index (χ2v) is 6.18. The van der Waals surface area contributed by atoms with Crippen molar-refractivity contribution in [3.8, 4) is 0 Å². The molecule has 1 aliphatic heterocycles. The molecule has 2 heterocycles. The lowest BCUT2D eigenvalue weighted by atomic mass is 10.1. The van der Waals surface area contributed by atoms with Crippen LogP contribution in [-0.4, -0.2) is 44.5 Å². The summed E-state index contributed by atoms with van der Waals surface area (Å²) in [6.07, 6.45) is 4.31. The third kappa shape index (κ3) is 3.71. The van der Waals surface area contributed by atoms with Gasteiger partial charge in [0.25, 0.3) is 5.91 Å². The van der Waals surface area contributed by atoms with Gasteiger partial charge in [0.1, 0.15) is 18.9 Å². The van der Waals surface area contributed by atoms with Crippen LogP contribution in [-0.2, 0) is 11.3 Å². The molecule has 136 valence electrons. The third-order valence-corrected chi connectivity index (χ3v) is 4.37. The fourth-order valence-electron chi connectivity index (χ4n) is 2.96. The number of rotatable bonds is 5. The molecule has 9 heteroatoms. The maximum Gasteiger partial charge on any atom is 0.307 e. The van der Waals surface area contributed by atoms with Gasteiger partial charge in [0.15, 0.2) is 0 Å². The summed E-state index contributed by atoms with van der Waals surface area (Å²) in [5, 5.41) is 17.2. The number of anilines is 1. The summed E-state index contributed by atoms with van der Waals surface area (Å²) in [4.78, 5) is 36.7. The van der Waals surface area contributed by atoms with E-state index < -0.39 is 4.92 Å². The standard InChI is InChI=1S/C17H19N5O4/c1-12-14(17(24)20-7-2-3-8-20)5-4-6-15(12)19-16(23)11-21-10-13(9-18-21)22(25)26/h4-6,9-10H,2-3,7-8,11H2,1H3,(H,19,23). The maximum atomic E-state index is 12.6. The van der Waals surface area contributed by atoms with Gasteiger partial charge in [0.2, 0.25) is 5.91 Å². The molecule has 2 aromatic rings. The molecule has 0 atom stereocenters. The average Bonchev–Trinajstić information content (AvgIpc) is 3.28. The number of aromatic nitrogens is 2. The molecule has 1 aromatic carbocycles. The molecule has 1 fully saturated rings. The molecule has 1 aromatic heterocycles. The van der Waals surface area contributed by atoms with Gasteiger partial charge in [-0.25, -0.2) is 0 Å². The van der Waals surface area contributed by atoms with E-state index in [4.69, 9.17) is 0 Å². The average molecular weight is 357 g/mol. The Morgan fingerprint density at radius 3 is 2.69 bits per heavy atom. The van der Waals surface area contributed by atoms with Crippen molar-refractivity contribution < 1.29 is 14.5 Å². The predicted octanol–water partition coefficient (Wildman–Crippen LogP) is 1.97. The molecule has 0 bridgehead atoms. The number of likely N-dealkylation sites (tertiary alicyclic amines) is 1. The normalized spacial score (nSPS) is 13.7. The van der Waals surface area contributed by atoms with Crippen molar-refractivity contribution in [3.05, 3.63) is 51.8 Å². The summed E-state index contributed by atoms with van der Waals surface area (Å²) in [5.74, 6) is -0.407. The summed E-state index contributed by atoms with van der Waals surface area (Å²) < 4.78 is 1.20. The molecule has 1 aliphatic rings. The molecule has 0 radical (unpaired) electrons. The number of carbonyl (C=O) groups excluding carboxylic acids is 2. The number of hydrogen-bond donors (Lipinski definition) is 1. The lowest BCUT2D eigenvalue weighted by Gasteiger charge is -2.18. The van der Waals surface area contributed by atoms with Crippen molar-refractivity contribution in [2.24, 2.45) is 0 Å². The molecular formula is C17H19N5O4. The number of amides is 2. The van der Waals surface area contributed by atoms with Crippen LogP contribution in [0.1, 0.15) is 28.8 Å². The van der Waals surface area contributed by atoms with Gasteiger partial charge >= 0.3 is 5.69 Å². The van der Waals surface area contributed by atoms with Gasteiger partial charge in [0, 0.05) is 24.3 Å². The number of nitrogens with one attached hydrogen (secondary N) is 1. The summed E-state index contributed by atoms with van der Waals surface area (Å²) >= 11 is 0. The first-order chi connectivity index (χ1) is 12.5. The lowest BCUT2D eigenvalue weighted by molar-refractivity contribution is -0.385. The summed E-state index contributed by atoms with van der Waals surface area (Å²) in [6.45, 7) is 3.15. The molecule has 0 spiro atoms. The van der Waals surface area contributed by atoms with Crippen LogP contribution < -0.4 is 5.32 Å². The third-order valence-electron chi connectivity index (χ3n) is 4.37. The number of carbonyl (C=O) groups is 2. The van der Waals surface area contributed by atoms with Gasteiger partial charge in [-0.1, -0.05) is 6.07 Å². The van der Waals surface area contributed by atoms with E-state index in [2.05, 4.69) is 10.4 Å². The molecule has 3 rings (SSSR count). The Hall–Kier alpha value is -3.23. The van der Waals surface area contributed by atoms with Crippen LogP contribution in [0.25, 0.3) is 0 Å². The van der Waals surface area contributed by atoms with Crippen LogP contribution in [0.2, 0.25) is 0 Å². The Kier molecular flexibility index (Phi) is 4.97. The van der Waals surface area contributed by atoms with Crippen LogP contribution in [0.4, 0.5) is 11.4 Å². The molecule has 1 N–H and O–H groups in total. The minimum Gasteiger partial charge on any atom is -0.339 e. The van der Waals surface area contributed by atoms with E-state index in [0.29, 0.717) is 16.8 Å². The van der Waals surface area contributed by atoms with E-state index in [1.165, 1.54) is 10.9 Å². The fraction of sp³-hybridized carbons (Fsp3) is 0.353. The van der Waals surface area contributed by atoms with Gasteiger partial charge in [0.05, 0.1) is 4.92 Å². The van der Waals surface area contributed by atoms with Crippen molar-refractivity contribution in [1.82, 2.24) is 14.7 Å². The highest BCUT2D eigenvalue weighted by atomic mass is 16.6. The second-order valence-electron chi connectivity index (χ2n) is 6.18. The molecule has 9 nitrogen and oxygen atoms in total. The van der Waals surface area contributed by atoms with Crippen molar-refractivity contribution >= 4 is 23.2 Å². The first-order valence-corrected chi connectivity index (χ1v) is 8.31.